The molecule has 2 atom stereocenters. The lowest BCUT2D eigenvalue weighted by atomic mass is 10.0. The van der Waals surface area contributed by atoms with Gasteiger partial charge in [0.05, 0.1) is 0 Å². The Morgan fingerprint density at radius 2 is 2.00 bits per heavy atom. The van der Waals surface area contributed by atoms with Crippen LogP contribution in [0.1, 0.15) is 32.4 Å². The standard InChI is InChI=1S/C16H24FNO6/c1-16(2,3)24-15(21)18-8-13(19)14(20)11-6-5-10(7-12(11)17)23-9-22-4/h5-7,13-14,19-20H,8-9H2,1-4H3,(H,18,21). The van der Waals surface area contributed by atoms with Crippen molar-refractivity contribution in [3.8, 4) is 5.75 Å². The van der Waals surface area contributed by atoms with Gasteiger partial charge in [0.1, 0.15) is 29.4 Å². The van der Waals surface area contributed by atoms with Crippen LogP contribution in [0.5, 0.6) is 5.75 Å². The first-order chi connectivity index (χ1) is 11.1. The number of amides is 1. The van der Waals surface area contributed by atoms with E-state index < -0.39 is 29.7 Å². The molecule has 3 N–H and O–H groups in total. The van der Waals surface area contributed by atoms with E-state index in [0.29, 0.717) is 0 Å². The van der Waals surface area contributed by atoms with Crippen molar-refractivity contribution in [2.75, 3.05) is 20.4 Å². The Hall–Kier alpha value is -1.90. The van der Waals surface area contributed by atoms with Crippen LogP contribution < -0.4 is 10.1 Å². The van der Waals surface area contributed by atoms with Gasteiger partial charge in [-0.05, 0) is 32.9 Å². The molecule has 1 amide bonds. The first kappa shape index (κ1) is 20.1. The summed E-state index contributed by atoms with van der Waals surface area (Å²) in [7, 11) is 1.43. The molecule has 0 heterocycles. The number of rotatable bonds is 7. The Morgan fingerprint density at radius 3 is 2.54 bits per heavy atom. The number of hydrogen-bond donors (Lipinski definition) is 3. The second kappa shape index (κ2) is 8.81. The van der Waals surface area contributed by atoms with Crippen molar-refractivity contribution in [1.82, 2.24) is 5.32 Å². The van der Waals surface area contributed by atoms with Gasteiger partial charge in [0.2, 0.25) is 0 Å². The van der Waals surface area contributed by atoms with E-state index in [2.05, 4.69) is 5.32 Å². The van der Waals surface area contributed by atoms with Crippen molar-refractivity contribution in [2.24, 2.45) is 0 Å². The first-order valence-electron chi connectivity index (χ1n) is 7.38. The van der Waals surface area contributed by atoms with Crippen LogP contribution in [0.2, 0.25) is 0 Å². The third-order valence-electron chi connectivity index (χ3n) is 2.85. The van der Waals surface area contributed by atoms with Gasteiger partial charge >= 0.3 is 6.09 Å². The molecule has 0 bridgehead atoms. The molecular formula is C16H24FNO6. The second-order valence-electron chi connectivity index (χ2n) is 6.13. The van der Waals surface area contributed by atoms with Crippen molar-refractivity contribution in [3.05, 3.63) is 29.6 Å². The van der Waals surface area contributed by atoms with Crippen molar-refractivity contribution < 1.29 is 33.6 Å². The molecule has 0 fully saturated rings. The molecule has 0 aromatic heterocycles. The third-order valence-corrected chi connectivity index (χ3v) is 2.85. The van der Waals surface area contributed by atoms with E-state index in [4.69, 9.17) is 14.2 Å². The average Bonchev–Trinajstić information content (AvgIpc) is 2.48. The molecule has 0 aliphatic heterocycles. The fourth-order valence-electron chi connectivity index (χ4n) is 1.79. The molecule has 0 aliphatic rings. The molecule has 1 rings (SSSR count). The minimum Gasteiger partial charge on any atom is -0.467 e. The van der Waals surface area contributed by atoms with E-state index in [0.717, 1.165) is 6.07 Å². The number of halogens is 1. The van der Waals surface area contributed by atoms with Gasteiger partial charge in [-0.2, -0.15) is 0 Å². The summed E-state index contributed by atoms with van der Waals surface area (Å²) in [5.74, 6) is -0.515. The monoisotopic (exact) mass is 345 g/mol. The summed E-state index contributed by atoms with van der Waals surface area (Å²) < 4.78 is 28.8. The summed E-state index contributed by atoms with van der Waals surface area (Å²) in [6, 6.07) is 3.81. The molecule has 7 nitrogen and oxygen atoms in total. The number of nitrogens with one attached hydrogen (secondary N) is 1. The second-order valence-corrected chi connectivity index (χ2v) is 6.13. The summed E-state index contributed by atoms with van der Waals surface area (Å²) in [6.45, 7) is 4.75. The van der Waals surface area contributed by atoms with Crippen LogP contribution >= 0.6 is 0 Å². The molecular weight excluding hydrogens is 321 g/mol. The topological polar surface area (TPSA) is 97.3 Å². The molecule has 1 aromatic rings. The van der Waals surface area contributed by atoms with Crippen LogP contribution in [0.25, 0.3) is 0 Å². The SMILES string of the molecule is COCOc1ccc(C(O)C(O)CNC(=O)OC(C)(C)C)c(F)c1. The van der Waals surface area contributed by atoms with E-state index in [-0.39, 0.29) is 24.7 Å². The minimum absolute atomic E-state index is 0.0379. The van der Waals surface area contributed by atoms with E-state index >= 15 is 0 Å². The van der Waals surface area contributed by atoms with Crippen LogP contribution in [0.15, 0.2) is 18.2 Å². The smallest absolute Gasteiger partial charge is 0.407 e. The van der Waals surface area contributed by atoms with Crippen molar-refractivity contribution in [2.45, 2.75) is 38.6 Å². The van der Waals surface area contributed by atoms with Crippen molar-refractivity contribution >= 4 is 6.09 Å². The predicted molar refractivity (Wildman–Crippen MR) is 84.1 cm³/mol. The molecule has 0 radical (unpaired) electrons. The Balaban J connectivity index is 2.62. The van der Waals surface area contributed by atoms with Gasteiger partial charge in [0.15, 0.2) is 6.79 Å². The molecule has 0 spiro atoms. The number of aliphatic hydroxyl groups is 2. The number of hydrogen-bond acceptors (Lipinski definition) is 6. The fourth-order valence-corrected chi connectivity index (χ4v) is 1.79. The fraction of sp³-hybridized carbons (Fsp3) is 0.562. The Bertz CT molecular complexity index is 546. The predicted octanol–water partition coefficient (Wildman–Crippen LogP) is 1.73. The number of methoxy groups -OCH3 is 1. The van der Waals surface area contributed by atoms with E-state index in [1.807, 2.05) is 0 Å². The van der Waals surface area contributed by atoms with Gasteiger partial charge < -0.3 is 29.7 Å². The van der Waals surface area contributed by atoms with Crippen molar-refractivity contribution in [3.63, 3.8) is 0 Å². The zero-order chi connectivity index (χ0) is 18.3. The Morgan fingerprint density at radius 1 is 1.33 bits per heavy atom. The first-order valence-corrected chi connectivity index (χ1v) is 7.38. The van der Waals surface area contributed by atoms with Gasteiger partial charge in [-0.1, -0.05) is 0 Å². The Kier molecular flexibility index (Phi) is 7.40. The Labute approximate surface area is 140 Å². The molecule has 24 heavy (non-hydrogen) atoms. The summed E-state index contributed by atoms with van der Waals surface area (Å²) in [5.41, 5.74) is -0.795. The van der Waals surface area contributed by atoms with Gasteiger partial charge in [0.25, 0.3) is 0 Å². The molecule has 0 aliphatic carbocycles. The van der Waals surface area contributed by atoms with Gasteiger partial charge in [-0.15, -0.1) is 0 Å². The zero-order valence-corrected chi connectivity index (χ0v) is 14.2. The normalized spacial score (nSPS) is 14.0. The molecule has 0 saturated carbocycles. The highest BCUT2D eigenvalue weighted by Gasteiger charge is 2.24. The number of carbonyl (C=O) groups excluding carboxylic acids is 1. The van der Waals surface area contributed by atoms with Gasteiger partial charge in [-0.25, -0.2) is 9.18 Å². The number of carbonyl (C=O) groups is 1. The van der Waals surface area contributed by atoms with Crippen LogP contribution in [-0.4, -0.2) is 48.5 Å². The summed E-state index contributed by atoms with van der Waals surface area (Å²) in [4.78, 5) is 11.5. The van der Waals surface area contributed by atoms with E-state index in [9.17, 15) is 19.4 Å². The third kappa shape index (κ3) is 6.69. The zero-order valence-electron chi connectivity index (χ0n) is 14.2. The molecule has 1 aromatic carbocycles. The molecule has 0 saturated heterocycles. The summed E-state index contributed by atoms with van der Waals surface area (Å²) >= 11 is 0. The molecule has 136 valence electrons. The minimum atomic E-state index is -1.52. The number of benzene rings is 1. The number of ether oxygens (including phenoxy) is 3. The lowest BCUT2D eigenvalue weighted by molar-refractivity contribution is 0.0112. The lowest BCUT2D eigenvalue weighted by Gasteiger charge is -2.22. The van der Waals surface area contributed by atoms with E-state index in [1.165, 1.54) is 19.2 Å². The average molecular weight is 345 g/mol. The number of aliphatic hydroxyl groups excluding tert-OH is 2. The van der Waals surface area contributed by atoms with Crippen LogP contribution in [-0.2, 0) is 9.47 Å². The maximum Gasteiger partial charge on any atom is 0.407 e. The highest BCUT2D eigenvalue weighted by Crippen LogP contribution is 2.24. The van der Waals surface area contributed by atoms with Crippen LogP contribution in [0.4, 0.5) is 9.18 Å². The maximum absolute atomic E-state index is 14.0. The van der Waals surface area contributed by atoms with Crippen molar-refractivity contribution in [1.29, 1.82) is 0 Å². The highest BCUT2D eigenvalue weighted by atomic mass is 19.1. The summed E-state index contributed by atoms with van der Waals surface area (Å²) in [5, 5.41) is 22.3. The van der Waals surface area contributed by atoms with Crippen LogP contribution in [0.3, 0.4) is 0 Å². The van der Waals surface area contributed by atoms with Gasteiger partial charge in [0, 0.05) is 25.3 Å². The summed E-state index contributed by atoms with van der Waals surface area (Å²) in [6.07, 6.45) is -3.66. The molecule has 8 heteroatoms. The maximum atomic E-state index is 14.0. The highest BCUT2D eigenvalue weighted by molar-refractivity contribution is 5.67. The molecule has 2 unspecified atom stereocenters. The largest absolute Gasteiger partial charge is 0.467 e. The quantitative estimate of drug-likeness (QED) is 0.651. The lowest BCUT2D eigenvalue weighted by Crippen LogP contribution is -2.39. The number of alkyl carbamates (subject to hydrolysis) is 1. The van der Waals surface area contributed by atoms with Gasteiger partial charge in [-0.3, -0.25) is 0 Å². The van der Waals surface area contributed by atoms with E-state index in [1.54, 1.807) is 20.8 Å². The van der Waals surface area contributed by atoms with Crippen LogP contribution in [0, 0.1) is 5.82 Å².